The van der Waals surface area contributed by atoms with Crippen LogP contribution in [0, 0.1) is 0 Å². The monoisotopic (exact) mass is 269 g/mol. The number of nitrogens with two attached hydrogens (primary N) is 1. The second kappa shape index (κ2) is 5.65. The first-order chi connectivity index (χ1) is 8.52. The third kappa shape index (κ3) is 3.29. The molecular formula is C13H23N3OS. The molecule has 0 radical (unpaired) electrons. The van der Waals surface area contributed by atoms with E-state index in [0.717, 1.165) is 36.8 Å². The van der Waals surface area contributed by atoms with Crippen molar-refractivity contribution in [1.29, 1.82) is 0 Å². The molecule has 0 aromatic carbocycles. The topological polar surface area (TPSA) is 51.4 Å². The van der Waals surface area contributed by atoms with E-state index in [2.05, 4.69) is 22.2 Å². The smallest absolute Gasteiger partial charge is 0.109 e. The largest absolute Gasteiger partial charge is 0.377 e. The molecule has 1 aromatic heterocycles. The number of likely N-dealkylation sites (tertiary alicyclic amines) is 1. The molecule has 5 heteroatoms. The van der Waals surface area contributed by atoms with Crippen LogP contribution in [0.15, 0.2) is 5.38 Å². The zero-order valence-electron chi connectivity index (χ0n) is 11.5. The van der Waals surface area contributed by atoms with Crippen LogP contribution in [0.3, 0.4) is 0 Å². The lowest BCUT2D eigenvalue weighted by molar-refractivity contribution is -0.0529. The highest BCUT2D eigenvalue weighted by atomic mass is 32.1. The molecule has 2 atom stereocenters. The Morgan fingerprint density at radius 3 is 3.06 bits per heavy atom. The van der Waals surface area contributed by atoms with Crippen LogP contribution < -0.4 is 5.73 Å². The fraction of sp³-hybridized carbons (Fsp3) is 0.769. The zero-order valence-corrected chi connectivity index (χ0v) is 12.3. The summed E-state index contributed by atoms with van der Waals surface area (Å²) in [6.07, 6.45) is 2.33. The van der Waals surface area contributed by atoms with Crippen LogP contribution in [-0.2, 0) is 11.3 Å². The van der Waals surface area contributed by atoms with Crippen molar-refractivity contribution in [2.45, 2.75) is 44.9 Å². The maximum atomic E-state index is 5.84. The van der Waals surface area contributed by atoms with E-state index in [1.807, 2.05) is 6.92 Å². The highest BCUT2D eigenvalue weighted by molar-refractivity contribution is 7.09. The van der Waals surface area contributed by atoms with Gasteiger partial charge in [0.25, 0.3) is 0 Å². The van der Waals surface area contributed by atoms with Gasteiger partial charge in [0.2, 0.25) is 0 Å². The minimum absolute atomic E-state index is 0.00173. The van der Waals surface area contributed by atoms with Crippen LogP contribution in [0.4, 0.5) is 0 Å². The van der Waals surface area contributed by atoms with Gasteiger partial charge in [0.1, 0.15) is 5.01 Å². The Morgan fingerprint density at radius 1 is 1.67 bits per heavy atom. The SMILES string of the molecule is COC1(C)CCCN(Cc2csc(C(C)N)n2)C1. The number of rotatable bonds is 4. The Labute approximate surface area is 113 Å². The molecule has 0 amide bonds. The quantitative estimate of drug-likeness (QED) is 0.910. The molecule has 0 saturated carbocycles. The molecule has 4 nitrogen and oxygen atoms in total. The molecule has 2 unspecified atom stereocenters. The number of thiazole rings is 1. The second-order valence-corrected chi connectivity index (χ2v) is 6.32. The molecule has 0 spiro atoms. The van der Waals surface area contributed by atoms with Crippen LogP contribution in [0.2, 0.25) is 0 Å². The van der Waals surface area contributed by atoms with Gasteiger partial charge in [0, 0.05) is 25.6 Å². The van der Waals surface area contributed by atoms with E-state index in [0.29, 0.717) is 0 Å². The number of hydrogen-bond donors (Lipinski definition) is 1. The molecule has 0 aliphatic carbocycles. The minimum atomic E-state index is -0.00173. The summed E-state index contributed by atoms with van der Waals surface area (Å²) in [6.45, 7) is 7.18. The summed E-state index contributed by atoms with van der Waals surface area (Å²) in [6, 6.07) is 0.0364. The van der Waals surface area contributed by atoms with Gasteiger partial charge in [-0.2, -0.15) is 0 Å². The third-order valence-electron chi connectivity index (χ3n) is 3.58. The average Bonchev–Trinajstić information content (AvgIpc) is 2.78. The molecule has 18 heavy (non-hydrogen) atoms. The van der Waals surface area contributed by atoms with E-state index < -0.39 is 0 Å². The van der Waals surface area contributed by atoms with Gasteiger partial charge in [0.05, 0.1) is 17.3 Å². The van der Waals surface area contributed by atoms with Gasteiger partial charge in [-0.05, 0) is 33.2 Å². The normalized spacial score (nSPS) is 27.3. The predicted molar refractivity (Wildman–Crippen MR) is 74.6 cm³/mol. The maximum absolute atomic E-state index is 5.84. The Morgan fingerprint density at radius 2 is 2.44 bits per heavy atom. The van der Waals surface area contributed by atoms with E-state index in [1.54, 1.807) is 18.4 Å². The Bertz CT molecular complexity index is 393. The van der Waals surface area contributed by atoms with Crippen LogP contribution in [0.25, 0.3) is 0 Å². The Kier molecular flexibility index (Phi) is 4.37. The lowest BCUT2D eigenvalue weighted by atomic mass is 9.95. The van der Waals surface area contributed by atoms with Crippen molar-refractivity contribution in [1.82, 2.24) is 9.88 Å². The van der Waals surface area contributed by atoms with Gasteiger partial charge in [-0.3, -0.25) is 4.90 Å². The van der Waals surface area contributed by atoms with Crippen molar-refractivity contribution in [3.8, 4) is 0 Å². The second-order valence-electron chi connectivity index (χ2n) is 5.43. The van der Waals surface area contributed by atoms with Crippen molar-refractivity contribution in [3.63, 3.8) is 0 Å². The molecule has 1 fully saturated rings. The van der Waals surface area contributed by atoms with Crippen LogP contribution >= 0.6 is 11.3 Å². The number of hydrogen-bond acceptors (Lipinski definition) is 5. The number of methoxy groups -OCH3 is 1. The Balaban J connectivity index is 1.96. The van der Waals surface area contributed by atoms with Gasteiger partial charge in [-0.1, -0.05) is 0 Å². The van der Waals surface area contributed by atoms with Crippen LogP contribution in [0.1, 0.15) is 43.4 Å². The number of piperidine rings is 1. The summed E-state index contributed by atoms with van der Waals surface area (Å²) < 4.78 is 5.61. The molecule has 1 aliphatic heterocycles. The third-order valence-corrected chi connectivity index (χ3v) is 4.67. The molecule has 2 rings (SSSR count). The fourth-order valence-electron chi connectivity index (χ4n) is 2.44. The molecule has 2 N–H and O–H groups in total. The molecular weight excluding hydrogens is 246 g/mol. The minimum Gasteiger partial charge on any atom is -0.377 e. The lowest BCUT2D eigenvalue weighted by Crippen LogP contribution is -2.46. The first-order valence-electron chi connectivity index (χ1n) is 6.50. The summed E-state index contributed by atoms with van der Waals surface area (Å²) >= 11 is 1.66. The van der Waals surface area contributed by atoms with Gasteiger partial charge in [-0.25, -0.2) is 4.98 Å². The number of aromatic nitrogens is 1. The van der Waals surface area contributed by atoms with E-state index >= 15 is 0 Å². The summed E-state index contributed by atoms with van der Waals surface area (Å²) in [5.74, 6) is 0. The highest BCUT2D eigenvalue weighted by Gasteiger charge is 2.30. The predicted octanol–water partition coefficient (Wildman–Crippen LogP) is 2.16. The van der Waals surface area contributed by atoms with E-state index in [1.165, 1.54) is 6.42 Å². The number of nitrogens with zero attached hydrogens (tertiary/aromatic N) is 2. The first-order valence-corrected chi connectivity index (χ1v) is 7.38. The van der Waals surface area contributed by atoms with E-state index in [-0.39, 0.29) is 11.6 Å². The molecule has 2 heterocycles. The highest BCUT2D eigenvalue weighted by Crippen LogP contribution is 2.25. The molecule has 1 saturated heterocycles. The molecule has 1 aliphatic rings. The van der Waals surface area contributed by atoms with Gasteiger partial charge in [-0.15, -0.1) is 11.3 Å². The van der Waals surface area contributed by atoms with E-state index in [9.17, 15) is 0 Å². The zero-order chi connectivity index (χ0) is 13.2. The fourth-order valence-corrected chi connectivity index (χ4v) is 3.21. The lowest BCUT2D eigenvalue weighted by Gasteiger charge is -2.39. The maximum Gasteiger partial charge on any atom is 0.109 e. The van der Waals surface area contributed by atoms with Gasteiger partial charge in [0.15, 0.2) is 0 Å². The van der Waals surface area contributed by atoms with Gasteiger partial charge < -0.3 is 10.5 Å². The van der Waals surface area contributed by atoms with Crippen LogP contribution in [-0.4, -0.2) is 35.7 Å². The van der Waals surface area contributed by atoms with Gasteiger partial charge >= 0.3 is 0 Å². The van der Waals surface area contributed by atoms with Crippen LogP contribution in [0.5, 0.6) is 0 Å². The first kappa shape index (κ1) is 13.9. The summed E-state index contributed by atoms with van der Waals surface area (Å²) in [5.41, 5.74) is 6.97. The average molecular weight is 269 g/mol. The summed E-state index contributed by atoms with van der Waals surface area (Å²) in [7, 11) is 1.81. The summed E-state index contributed by atoms with van der Waals surface area (Å²) in [5, 5.41) is 3.15. The van der Waals surface area contributed by atoms with Crippen molar-refractivity contribution in [2.24, 2.45) is 5.73 Å². The van der Waals surface area contributed by atoms with Crippen molar-refractivity contribution >= 4 is 11.3 Å². The Hall–Kier alpha value is -0.490. The molecule has 0 bridgehead atoms. The molecule has 102 valence electrons. The summed E-state index contributed by atoms with van der Waals surface area (Å²) in [4.78, 5) is 7.01. The van der Waals surface area contributed by atoms with Crippen molar-refractivity contribution in [2.75, 3.05) is 20.2 Å². The van der Waals surface area contributed by atoms with E-state index in [4.69, 9.17) is 10.5 Å². The van der Waals surface area contributed by atoms with Crippen molar-refractivity contribution in [3.05, 3.63) is 16.1 Å². The van der Waals surface area contributed by atoms with Crippen molar-refractivity contribution < 1.29 is 4.74 Å². The number of ether oxygens (including phenoxy) is 1. The molecule has 1 aromatic rings. The standard InChI is InChI=1S/C13H23N3OS/c1-10(14)12-15-11(8-18-12)7-16-6-4-5-13(2,9-16)17-3/h8,10H,4-7,9,14H2,1-3H3.